The van der Waals surface area contributed by atoms with Crippen molar-refractivity contribution in [3.8, 4) is 0 Å². The van der Waals surface area contributed by atoms with Crippen LogP contribution in [0.2, 0.25) is 0 Å². The second kappa shape index (κ2) is 6.43. The molecule has 1 atom stereocenters. The lowest BCUT2D eigenvalue weighted by molar-refractivity contribution is -0.168. The van der Waals surface area contributed by atoms with Crippen LogP contribution in [0.3, 0.4) is 0 Å². The number of nitrogens with one attached hydrogen (secondary N) is 1. The highest BCUT2D eigenvalue weighted by atomic mass is 79.9. The van der Waals surface area contributed by atoms with Crippen molar-refractivity contribution in [3.05, 3.63) is 34.3 Å². The molecule has 0 amide bonds. The summed E-state index contributed by atoms with van der Waals surface area (Å²) in [6.45, 7) is 7.71. The number of carbonyl (C=O) groups excluding carboxylic acids is 1. The van der Waals surface area contributed by atoms with Gasteiger partial charge in [-0.15, -0.1) is 0 Å². The van der Waals surface area contributed by atoms with Crippen LogP contribution < -0.4 is 5.32 Å². The highest BCUT2D eigenvalue weighted by molar-refractivity contribution is 9.10. The summed E-state index contributed by atoms with van der Waals surface area (Å²) in [7, 11) is 0. The van der Waals surface area contributed by atoms with Gasteiger partial charge in [-0.05, 0) is 63.1 Å². The standard InChI is InChI=1S/C19H26BrNO3/c1-17(2,3)24-16(22)10-23-19(14-4-6-15(20)7-5-14)9-8-18(11-19)12-21-13-18/h4-7,21H,8-13H2,1-3H3. The first kappa shape index (κ1) is 17.9. The molecule has 1 spiro atoms. The third kappa shape index (κ3) is 3.84. The molecule has 2 fully saturated rings. The summed E-state index contributed by atoms with van der Waals surface area (Å²) < 4.78 is 12.7. The summed E-state index contributed by atoms with van der Waals surface area (Å²) in [4.78, 5) is 12.1. The maximum Gasteiger partial charge on any atom is 0.332 e. The Hall–Kier alpha value is -0.910. The lowest BCUT2D eigenvalue weighted by Crippen LogP contribution is -2.52. The van der Waals surface area contributed by atoms with Crippen molar-refractivity contribution in [1.82, 2.24) is 5.32 Å². The monoisotopic (exact) mass is 395 g/mol. The average Bonchev–Trinajstić information content (AvgIpc) is 2.86. The Labute approximate surface area is 152 Å². The van der Waals surface area contributed by atoms with E-state index in [0.29, 0.717) is 5.41 Å². The Balaban J connectivity index is 1.76. The van der Waals surface area contributed by atoms with Gasteiger partial charge in [0.1, 0.15) is 12.2 Å². The molecule has 1 aromatic rings. The molecule has 1 unspecified atom stereocenters. The fourth-order valence-electron chi connectivity index (χ4n) is 3.80. The van der Waals surface area contributed by atoms with Gasteiger partial charge in [0.15, 0.2) is 0 Å². The molecule has 0 aromatic heterocycles. The first-order chi connectivity index (χ1) is 11.2. The predicted octanol–water partition coefficient (Wildman–Crippen LogP) is 3.78. The maximum absolute atomic E-state index is 12.1. The molecule has 5 heteroatoms. The molecule has 1 heterocycles. The number of halogens is 1. The second-order valence-corrected chi connectivity index (χ2v) is 9.07. The van der Waals surface area contributed by atoms with Crippen LogP contribution in [0.5, 0.6) is 0 Å². The van der Waals surface area contributed by atoms with Gasteiger partial charge in [0.2, 0.25) is 0 Å². The van der Waals surface area contributed by atoms with E-state index in [9.17, 15) is 4.79 Å². The Morgan fingerprint density at radius 2 is 1.88 bits per heavy atom. The third-order valence-electron chi connectivity index (χ3n) is 4.98. The van der Waals surface area contributed by atoms with Gasteiger partial charge in [0.05, 0.1) is 5.60 Å². The van der Waals surface area contributed by atoms with Crippen molar-refractivity contribution >= 4 is 21.9 Å². The molecular formula is C19H26BrNO3. The molecule has 4 nitrogen and oxygen atoms in total. The van der Waals surface area contributed by atoms with Crippen LogP contribution in [0.25, 0.3) is 0 Å². The molecule has 3 rings (SSSR count). The van der Waals surface area contributed by atoms with E-state index >= 15 is 0 Å². The zero-order chi connectivity index (χ0) is 17.4. The molecule has 0 bridgehead atoms. The van der Waals surface area contributed by atoms with Crippen molar-refractivity contribution in [2.45, 2.75) is 51.2 Å². The van der Waals surface area contributed by atoms with E-state index in [1.54, 1.807) is 0 Å². The summed E-state index contributed by atoms with van der Waals surface area (Å²) in [5, 5.41) is 3.38. The van der Waals surface area contributed by atoms with Crippen LogP contribution in [0.4, 0.5) is 0 Å². The number of esters is 1. The van der Waals surface area contributed by atoms with Crippen LogP contribution in [0.15, 0.2) is 28.7 Å². The predicted molar refractivity (Wildman–Crippen MR) is 96.8 cm³/mol. The number of carbonyl (C=O) groups is 1. The van der Waals surface area contributed by atoms with E-state index in [2.05, 4.69) is 33.4 Å². The fourth-order valence-corrected chi connectivity index (χ4v) is 4.07. The van der Waals surface area contributed by atoms with Gasteiger partial charge >= 0.3 is 5.97 Å². The Morgan fingerprint density at radius 3 is 2.38 bits per heavy atom. The molecule has 0 radical (unpaired) electrons. The zero-order valence-electron chi connectivity index (χ0n) is 14.7. The molecular weight excluding hydrogens is 370 g/mol. The van der Waals surface area contributed by atoms with Gasteiger partial charge in [0, 0.05) is 17.6 Å². The molecule has 1 N–H and O–H groups in total. The Bertz CT molecular complexity index is 604. The van der Waals surface area contributed by atoms with E-state index < -0.39 is 5.60 Å². The van der Waals surface area contributed by atoms with Crippen molar-refractivity contribution < 1.29 is 14.3 Å². The normalized spacial score (nSPS) is 25.5. The first-order valence-electron chi connectivity index (χ1n) is 8.55. The van der Waals surface area contributed by atoms with E-state index in [-0.39, 0.29) is 18.2 Å². The average molecular weight is 396 g/mol. The molecule has 1 aliphatic heterocycles. The smallest absolute Gasteiger partial charge is 0.332 e. The minimum atomic E-state index is -0.486. The van der Waals surface area contributed by atoms with E-state index in [0.717, 1.165) is 42.4 Å². The van der Waals surface area contributed by atoms with Gasteiger partial charge in [-0.25, -0.2) is 4.79 Å². The summed E-state index contributed by atoms with van der Waals surface area (Å²) in [6.07, 6.45) is 3.03. The van der Waals surface area contributed by atoms with E-state index in [1.807, 2.05) is 32.9 Å². The largest absolute Gasteiger partial charge is 0.458 e. The fraction of sp³-hybridized carbons (Fsp3) is 0.632. The molecule has 24 heavy (non-hydrogen) atoms. The topological polar surface area (TPSA) is 47.6 Å². The van der Waals surface area contributed by atoms with Crippen LogP contribution >= 0.6 is 15.9 Å². The van der Waals surface area contributed by atoms with Gasteiger partial charge in [-0.2, -0.15) is 0 Å². The van der Waals surface area contributed by atoms with Crippen LogP contribution in [-0.2, 0) is 19.9 Å². The molecule has 1 saturated carbocycles. The van der Waals surface area contributed by atoms with Gasteiger partial charge in [-0.3, -0.25) is 0 Å². The minimum absolute atomic E-state index is 0.00313. The molecule has 1 aliphatic carbocycles. The third-order valence-corrected chi connectivity index (χ3v) is 5.51. The van der Waals surface area contributed by atoms with Crippen LogP contribution in [0.1, 0.15) is 45.6 Å². The summed E-state index contributed by atoms with van der Waals surface area (Å²) >= 11 is 3.49. The van der Waals surface area contributed by atoms with Crippen molar-refractivity contribution in [3.63, 3.8) is 0 Å². The number of hydrogen-bond donors (Lipinski definition) is 1. The van der Waals surface area contributed by atoms with E-state index in [4.69, 9.17) is 9.47 Å². The second-order valence-electron chi connectivity index (χ2n) is 8.16. The number of rotatable bonds is 4. The number of ether oxygens (including phenoxy) is 2. The maximum atomic E-state index is 12.1. The van der Waals surface area contributed by atoms with E-state index in [1.165, 1.54) is 0 Å². The summed E-state index contributed by atoms with van der Waals surface area (Å²) in [5.74, 6) is -0.299. The summed E-state index contributed by atoms with van der Waals surface area (Å²) in [5.41, 5.74) is 0.596. The molecule has 132 valence electrons. The summed E-state index contributed by atoms with van der Waals surface area (Å²) in [6, 6.07) is 8.28. The van der Waals surface area contributed by atoms with Gasteiger partial charge < -0.3 is 14.8 Å². The highest BCUT2D eigenvalue weighted by Gasteiger charge is 2.52. The lowest BCUT2D eigenvalue weighted by Gasteiger charge is -2.41. The van der Waals surface area contributed by atoms with Gasteiger partial charge in [-0.1, -0.05) is 28.1 Å². The van der Waals surface area contributed by atoms with Crippen molar-refractivity contribution in [2.75, 3.05) is 19.7 Å². The number of benzene rings is 1. The van der Waals surface area contributed by atoms with Crippen LogP contribution in [-0.4, -0.2) is 31.3 Å². The SMILES string of the molecule is CC(C)(C)OC(=O)COC1(c2ccc(Br)cc2)CCC2(CNC2)C1. The highest BCUT2D eigenvalue weighted by Crippen LogP contribution is 2.53. The number of hydrogen-bond acceptors (Lipinski definition) is 4. The lowest BCUT2D eigenvalue weighted by atomic mass is 9.77. The Kier molecular flexibility index (Phi) is 4.80. The minimum Gasteiger partial charge on any atom is -0.458 e. The first-order valence-corrected chi connectivity index (χ1v) is 9.34. The Morgan fingerprint density at radius 1 is 1.21 bits per heavy atom. The molecule has 2 aliphatic rings. The molecule has 1 saturated heterocycles. The zero-order valence-corrected chi connectivity index (χ0v) is 16.2. The quantitative estimate of drug-likeness (QED) is 0.788. The van der Waals surface area contributed by atoms with Crippen molar-refractivity contribution in [2.24, 2.45) is 5.41 Å². The van der Waals surface area contributed by atoms with Crippen molar-refractivity contribution in [1.29, 1.82) is 0 Å². The molecule has 1 aromatic carbocycles. The van der Waals surface area contributed by atoms with Crippen LogP contribution in [0, 0.1) is 5.41 Å². The van der Waals surface area contributed by atoms with Gasteiger partial charge in [0.25, 0.3) is 0 Å².